The van der Waals surface area contributed by atoms with Crippen molar-refractivity contribution in [2.24, 2.45) is 0 Å². The van der Waals surface area contributed by atoms with Crippen LogP contribution in [0.4, 0.5) is 25.0 Å². The lowest BCUT2D eigenvalue weighted by Gasteiger charge is -2.10. The predicted molar refractivity (Wildman–Crippen MR) is 72.4 cm³/mol. The molecule has 0 atom stereocenters. The van der Waals surface area contributed by atoms with Crippen molar-refractivity contribution in [3.63, 3.8) is 0 Å². The molecule has 2 aromatic carbocycles. The second kappa shape index (κ2) is 6.00. The molecular weight excluding hydrogens is 282 g/mol. The number of carbonyl (C=O) groups is 2. The maximum absolute atomic E-state index is 13.4. The van der Waals surface area contributed by atoms with Crippen molar-refractivity contribution in [1.82, 2.24) is 0 Å². The van der Waals surface area contributed by atoms with Crippen molar-refractivity contribution in [3.05, 3.63) is 59.7 Å². The number of nitrogens with one attached hydrogen (secondary N) is 2. The van der Waals surface area contributed by atoms with Crippen molar-refractivity contribution >= 4 is 23.4 Å². The third kappa shape index (κ3) is 3.53. The minimum absolute atomic E-state index is 0.0410. The van der Waals surface area contributed by atoms with Gasteiger partial charge in [-0.2, -0.15) is 0 Å². The summed E-state index contributed by atoms with van der Waals surface area (Å²) in [5.41, 5.74) is -0.424. The van der Waals surface area contributed by atoms with Crippen molar-refractivity contribution < 1.29 is 23.5 Å². The first-order valence-electron chi connectivity index (χ1n) is 5.83. The van der Waals surface area contributed by atoms with E-state index in [2.05, 4.69) is 10.6 Å². The van der Waals surface area contributed by atoms with E-state index >= 15 is 0 Å². The molecule has 2 amide bonds. The summed E-state index contributed by atoms with van der Waals surface area (Å²) in [6.07, 6.45) is 0. The van der Waals surface area contributed by atoms with Gasteiger partial charge in [0.15, 0.2) is 0 Å². The fraction of sp³-hybridized carbons (Fsp3) is 0. The minimum Gasteiger partial charge on any atom is -0.478 e. The molecule has 0 heterocycles. The van der Waals surface area contributed by atoms with Gasteiger partial charge in [0.2, 0.25) is 0 Å². The number of amides is 2. The van der Waals surface area contributed by atoms with Crippen molar-refractivity contribution in [2.45, 2.75) is 0 Å². The number of benzene rings is 2. The Hall–Kier alpha value is -2.96. The summed E-state index contributed by atoms with van der Waals surface area (Å²) in [5, 5.41) is 13.3. The van der Waals surface area contributed by atoms with Gasteiger partial charge in [0.25, 0.3) is 0 Å². The number of carboxylic acids is 1. The van der Waals surface area contributed by atoms with Crippen LogP contribution in [-0.2, 0) is 0 Å². The molecule has 0 spiro atoms. The van der Waals surface area contributed by atoms with E-state index in [1.165, 1.54) is 24.3 Å². The van der Waals surface area contributed by atoms with Gasteiger partial charge in [0.05, 0.1) is 16.9 Å². The zero-order chi connectivity index (χ0) is 15.4. The molecule has 0 fully saturated rings. The molecule has 0 aliphatic carbocycles. The normalized spacial score (nSPS) is 10.0. The average molecular weight is 292 g/mol. The highest BCUT2D eigenvalue weighted by atomic mass is 19.1. The Labute approximate surface area is 118 Å². The van der Waals surface area contributed by atoms with Gasteiger partial charge in [-0.1, -0.05) is 12.1 Å². The maximum atomic E-state index is 13.4. The van der Waals surface area contributed by atoms with E-state index in [-0.39, 0.29) is 16.9 Å². The number of hydrogen-bond acceptors (Lipinski definition) is 2. The van der Waals surface area contributed by atoms with E-state index in [0.717, 1.165) is 18.2 Å². The molecule has 0 aromatic heterocycles. The molecule has 2 aromatic rings. The quantitative estimate of drug-likeness (QED) is 0.812. The first-order chi connectivity index (χ1) is 9.97. The fourth-order valence-corrected chi connectivity index (χ4v) is 1.65. The lowest BCUT2D eigenvalue weighted by Crippen LogP contribution is -2.21. The maximum Gasteiger partial charge on any atom is 0.337 e. The molecule has 0 saturated heterocycles. The van der Waals surface area contributed by atoms with Gasteiger partial charge in [-0.15, -0.1) is 0 Å². The number of carboxylic acid groups (broad SMARTS) is 1. The van der Waals surface area contributed by atoms with E-state index in [4.69, 9.17) is 5.11 Å². The fourth-order valence-electron chi connectivity index (χ4n) is 1.65. The minimum atomic E-state index is -1.22. The van der Waals surface area contributed by atoms with Crippen molar-refractivity contribution in [3.8, 4) is 0 Å². The van der Waals surface area contributed by atoms with Crippen LogP contribution in [0.3, 0.4) is 0 Å². The van der Waals surface area contributed by atoms with Crippen LogP contribution in [0.1, 0.15) is 10.4 Å². The van der Waals surface area contributed by atoms with Gasteiger partial charge in [0, 0.05) is 6.07 Å². The van der Waals surface area contributed by atoms with E-state index in [1.807, 2.05) is 0 Å². The zero-order valence-corrected chi connectivity index (χ0v) is 10.6. The molecule has 0 aliphatic heterocycles. The highest BCUT2D eigenvalue weighted by Crippen LogP contribution is 2.18. The standard InChI is InChI=1S/C14H10F2N2O3/c15-8-5-6-10(16)12(7-8)18-14(21)17-11-4-2-1-3-9(11)13(19)20/h1-7H,(H,19,20)(H2,17,18,21). The molecule has 0 radical (unpaired) electrons. The molecule has 0 unspecified atom stereocenters. The largest absolute Gasteiger partial charge is 0.478 e. The van der Waals surface area contributed by atoms with E-state index < -0.39 is 23.6 Å². The van der Waals surface area contributed by atoms with Gasteiger partial charge in [-0.05, 0) is 24.3 Å². The highest BCUT2D eigenvalue weighted by molar-refractivity contribution is 6.04. The summed E-state index contributed by atoms with van der Waals surface area (Å²) in [4.78, 5) is 22.7. The number of hydrogen-bond donors (Lipinski definition) is 3. The average Bonchev–Trinajstić information content (AvgIpc) is 2.43. The lowest BCUT2D eigenvalue weighted by atomic mass is 10.2. The second-order valence-corrected chi connectivity index (χ2v) is 4.05. The molecule has 21 heavy (non-hydrogen) atoms. The molecule has 5 nitrogen and oxygen atoms in total. The van der Waals surface area contributed by atoms with Crippen LogP contribution < -0.4 is 10.6 Å². The molecule has 108 valence electrons. The molecule has 2 rings (SSSR count). The Morgan fingerprint density at radius 1 is 0.952 bits per heavy atom. The Morgan fingerprint density at radius 3 is 2.33 bits per heavy atom. The summed E-state index contributed by atoms with van der Waals surface area (Å²) < 4.78 is 26.4. The Kier molecular flexibility index (Phi) is 4.13. The van der Waals surface area contributed by atoms with Crippen LogP contribution in [0.15, 0.2) is 42.5 Å². The van der Waals surface area contributed by atoms with Gasteiger partial charge in [0.1, 0.15) is 11.6 Å². The Bertz CT molecular complexity index is 704. The number of para-hydroxylation sites is 1. The number of rotatable bonds is 3. The smallest absolute Gasteiger partial charge is 0.337 e. The van der Waals surface area contributed by atoms with Gasteiger partial charge in [-0.25, -0.2) is 18.4 Å². The van der Waals surface area contributed by atoms with E-state index in [1.54, 1.807) is 0 Å². The van der Waals surface area contributed by atoms with Crippen LogP contribution >= 0.6 is 0 Å². The third-order valence-electron chi connectivity index (χ3n) is 2.58. The van der Waals surface area contributed by atoms with E-state index in [0.29, 0.717) is 0 Å². The monoisotopic (exact) mass is 292 g/mol. The third-order valence-corrected chi connectivity index (χ3v) is 2.58. The van der Waals surface area contributed by atoms with Crippen molar-refractivity contribution in [1.29, 1.82) is 0 Å². The summed E-state index contributed by atoms with van der Waals surface area (Å²) >= 11 is 0. The van der Waals surface area contributed by atoms with Gasteiger partial charge < -0.3 is 15.7 Å². The van der Waals surface area contributed by atoms with Crippen LogP contribution in [0.5, 0.6) is 0 Å². The van der Waals surface area contributed by atoms with Gasteiger partial charge in [-0.3, -0.25) is 0 Å². The van der Waals surface area contributed by atoms with Gasteiger partial charge >= 0.3 is 12.0 Å². The second-order valence-electron chi connectivity index (χ2n) is 4.05. The van der Waals surface area contributed by atoms with E-state index in [9.17, 15) is 18.4 Å². The zero-order valence-electron chi connectivity index (χ0n) is 10.6. The number of carbonyl (C=O) groups excluding carboxylic acids is 1. The first-order valence-corrected chi connectivity index (χ1v) is 5.83. The van der Waals surface area contributed by atoms with Crippen LogP contribution in [0.2, 0.25) is 0 Å². The molecular formula is C14H10F2N2O3. The topological polar surface area (TPSA) is 78.4 Å². The number of halogens is 2. The summed E-state index contributed by atoms with van der Waals surface area (Å²) in [7, 11) is 0. The molecule has 0 bridgehead atoms. The highest BCUT2D eigenvalue weighted by Gasteiger charge is 2.13. The van der Waals surface area contributed by atoms with Crippen molar-refractivity contribution in [2.75, 3.05) is 10.6 Å². The SMILES string of the molecule is O=C(Nc1cc(F)ccc1F)Nc1ccccc1C(=O)O. The Balaban J connectivity index is 2.16. The molecule has 7 heteroatoms. The summed E-state index contributed by atoms with van der Waals surface area (Å²) in [6, 6.07) is 7.44. The van der Waals surface area contributed by atoms with Crippen LogP contribution in [0, 0.1) is 11.6 Å². The number of anilines is 2. The summed E-state index contributed by atoms with van der Waals surface area (Å²) in [6.45, 7) is 0. The van der Waals surface area contributed by atoms with Crippen LogP contribution in [0.25, 0.3) is 0 Å². The molecule has 0 saturated carbocycles. The molecule has 0 aliphatic rings. The summed E-state index contributed by atoms with van der Waals surface area (Å²) in [5.74, 6) is -2.74. The first kappa shape index (κ1) is 14.4. The molecule has 3 N–H and O–H groups in total. The lowest BCUT2D eigenvalue weighted by molar-refractivity contribution is 0.0698. The number of urea groups is 1. The number of aromatic carboxylic acids is 1. The predicted octanol–water partition coefficient (Wildman–Crippen LogP) is 3.31. The Morgan fingerprint density at radius 2 is 1.62 bits per heavy atom. The van der Waals surface area contributed by atoms with Crippen LogP contribution in [-0.4, -0.2) is 17.1 Å².